The van der Waals surface area contributed by atoms with E-state index < -0.39 is 24.0 Å². The molecular weight excluding hydrogens is 262 g/mol. The van der Waals surface area contributed by atoms with E-state index in [0.29, 0.717) is 5.75 Å². The molecule has 2 atom stereocenters. The van der Waals surface area contributed by atoms with Crippen molar-refractivity contribution in [2.45, 2.75) is 32.4 Å². The monoisotopic (exact) mass is 281 g/mol. The summed E-state index contributed by atoms with van der Waals surface area (Å²) in [6, 6.07) is 5.94. The van der Waals surface area contributed by atoms with Gasteiger partial charge in [-0.15, -0.1) is 0 Å². The number of hydrogen-bond donors (Lipinski definition) is 3. The minimum Gasteiger partial charge on any atom is -0.484 e. The van der Waals surface area contributed by atoms with Gasteiger partial charge in [-0.1, -0.05) is 19.1 Å². The van der Waals surface area contributed by atoms with Gasteiger partial charge in [0.25, 0.3) is 5.91 Å². The molecule has 0 spiro atoms. The number of carbonyl (C=O) groups is 2. The third-order valence-electron chi connectivity index (χ3n) is 2.77. The summed E-state index contributed by atoms with van der Waals surface area (Å²) in [7, 11) is 0. The normalized spacial score (nSPS) is 13.3. The molecular formula is C14H19NO5. The number of aliphatic hydroxyl groups excluding tert-OH is 1. The summed E-state index contributed by atoms with van der Waals surface area (Å²) in [6.45, 7) is 3.02. The van der Waals surface area contributed by atoms with Crippen molar-refractivity contribution in [3.05, 3.63) is 29.8 Å². The number of aliphatic hydroxyl groups is 1. The molecule has 0 fully saturated rings. The lowest BCUT2D eigenvalue weighted by molar-refractivity contribution is -0.145. The molecule has 2 unspecified atom stereocenters. The Kier molecular flexibility index (Phi) is 5.99. The Bertz CT molecular complexity index is 455. The van der Waals surface area contributed by atoms with E-state index in [2.05, 4.69) is 5.32 Å². The minimum atomic E-state index is -1.34. The fraction of sp³-hybridized carbons (Fsp3) is 0.429. The maximum absolute atomic E-state index is 11.5. The molecule has 20 heavy (non-hydrogen) atoms. The lowest BCUT2D eigenvalue weighted by atomic mass is 10.2. The van der Waals surface area contributed by atoms with E-state index in [4.69, 9.17) is 9.84 Å². The first-order valence-electron chi connectivity index (χ1n) is 6.36. The van der Waals surface area contributed by atoms with Gasteiger partial charge in [-0.3, -0.25) is 4.79 Å². The Morgan fingerprint density at radius 2 is 1.90 bits per heavy atom. The first kappa shape index (κ1) is 16.0. The van der Waals surface area contributed by atoms with Gasteiger partial charge in [-0.05, 0) is 31.0 Å². The molecule has 0 radical (unpaired) electrons. The van der Waals surface area contributed by atoms with Crippen LogP contribution in [0.1, 0.15) is 19.4 Å². The van der Waals surface area contributed by atoms with Crippen molar-refractivity contribution in [2.75, 3.05) is 6.61 Å². The molecule has 0 bridgehead atoms. The predicted molar refractivity (Wildman–Crippen MR) is 72.6 cm³/mol. The molecule has 0 saturated heterocycles. The number of hydrogen-bond acceptors (Lipinski definition) is 4. The average molecular weight is 281 g/mol. The summed E-state index contributed by atoms with van der Waals surface area (Å²) < 4.78 is 5.24. The standard InChI is InChI=1S/C14H19NO5/c1-3-10-4-6-11(7-5-10)20-8-12(17)15-13(9(2)16)14(18)19/h4-7,9,13,16H,3,8H2,1-2H3,(H,15,17)(H,18,19). The molecule has 3 N–H and O–H groups in total. The zero-order valence-corrected chi connectivity index (χ0v) is 11.5. The summed E-state index contributed by atoms with van der Waals surface area (Å²) in [6.07, 6.45) is -0.268. The summed E-state index contributed by atoms with van der Waals surface area (Å²) >= 11 is 0. The molecule has 110 valence electrons. The third-order valence-corrected chi connectivity index (χ3v) is 2.77. The molecule has 0 heterocycles. The zero-order chi connectivity index (χ0) is 15.1. The minimum absolute atomic E-state index is 0.304. The van der Waals surface area contributed by atoms with Gasteiger partial charge >= 0.3 is 5.97 Å². The highest BCUT2D eigenvalue weighted by atomic mass is 16.5. The summed E-state index contributed by atoms with van der Waals surface area (Å²) in [5.74, 6) is -1.36. The molecule has 6 nitrogen and oxygen atoms in total. The molecule has 1 rings (SSSR count). The van der Waals surface area contributed by atoms with Crippen LogP contribution < -0.4 is 10.1 Å². The second-order valence-electron chi connectivity index (χ2n) is 4.41. The van der Waals surface area contributed by atoms with Crippen molar-refractivity contribution in [3.63, 3.8) is 0 Å². The van der Waals surface area contributed by atoms with Gasteiger partial charge in [-0.25, -0.2) is 4.79 Å². The van der Waals surface area contributed by atoms with E-state index in [9.17, 15) is 14.7 Å². The van der Waals surface area contributed by atoms with Crippen molar-refractivity contribution < 1.29 is 24.5 Å². The van der Waals surface area contributed by atoms with Gasteiger partial charge < -0.3 is 20.3 Å². The van der Waals surface area contributed by atoms with E-state index in [1.165, 1.54) is 6.92 Å². The molecule has 1 amide bonds. The van der Waals surface area contributed by atoms with Gasteiger partial charge in [0.15, 0.2) is 12.6 Å². The van der Waals surface area contributed by atoms with Crippen molar-refractivity contribution in [2.24, 2.45) is 0 Å². The first-order chi connectivity index (χ1) is 9.43. The molecule has 0 aliphatic rings. The lowest BCUT2D eigenvalue weighted by Gasteiger charge is -2.17. The maximum atomic E-state index is 11.5. The number of carbonyl (C=O) groups excluding carboxylic acids is 1. The van der Waals surface area contributed by atoms with Crippen LogP contribution in [-0.4, -0.2) is 40.8 Å². The van der Waals surface area contributed by atoms with Crippen LogP contribution in [0.5, 0.6) is 5.75 Å². The summed E-state index contributed by atoms with van der Waals surface area (Å²) in [5.41, 5.74) is 1.15. The molecule has 0 aromatic heterocycles. The topological polar surface area (TPSA) is 95.9 Å². The van der Waals surface area contributed by atoms with Crippen LogP contribution in [0.4, 0.5) is 0 Å². The van der Waals surface area contributed by atoms with Crippen molar-refractivity contribution in [1.29, 1.82) is 0 Å². The van der Waals surface area contributed by atoms with Crippen LogP contribution in [0.3, 0.4) is 0 Å². The van der Waals surface area contributed by atoms with Gasteiger partial charge in [0.05, 0.1) is 6.10 Å². The predicted octanol–water partition coefficient (Wildman–Crippen LogP) is 0.578. The SMILES string of the molecule is CCc1ccc(OCC(=O)NC(C(=O)O)C(C)O)cc1. The van der Waals surface area contributed by atoms with E-state index >= 15 is 0 Å². The molecule has 1 aromatic carbocycles. The summed E-state index contributed by atoms with van der Waals surface area (Å²) in [5, 5.41) is 20.3. The molecule has 0 aliphatic heterocycles. The summed E-state index contributed by atoms with van der Waals surface area (Å²) in [4.78, 5) is 22.4. The number of benzene rings is 1. The largest absolute Gasteiger partial charge is 0.484 e. The lowest BCUT2D eigenvalue weighted by Crippen LogP contribution is -2.49. The number of ether oxygens (including phenoxy) is 1. The maximum Gasteiger partial charge on any atom is 0.328 e. The number of carboxylic acid groups (broad SMARTS) is 1. The van der Waals surface area contributed by atoms with Crippen LogP contribution >= 0.6 is 0 Å². The zero-order valence-electron chi connectivity index (χ0n) is 11.5. The third kappa shape index (κ3) is 4.89. The quantitative estimate of drug-likeness (QED) is 0.679. The number of rotatable bonds is 7. The van der Waals surface area contributed by atoms with Crippen molar-refractivity contribution in [1.82, 2.24) is 5.32 Å². The Morgan fingerprint density at radius 1 is 1.30 bits per heavy atom. The van der Waals surface area contributed by atoms with E-state index in [0.717, 1.165) is 12.0 Å². The number of aryl methyl sites for hydroxylation is 1. The van der Waals surface area contributed by atoms with Crippen LogP contribution in [0.25, 0.3) is 0 Å². The number of carboxylic acids is 1. The van der Waals surface area contributed by atoms with E-state index in [-0.39, 0.29) is 6.61 Å². The Hall–Kier alpha value is -2.08. The van der Waals surface area contributed by atoms with Crippen molar-refractivity contribution in [3.8, 4) is 5.75 Å². The number of amides is 1. The van der Waals surface area contributed by atoms with E-state index in [1.807, 2.05) is 19.1 Å². The number of aliphatic carboxylic acids is 1. The van der Waals surface area contributed by atoms with Crippen LogP contribution in [0.15, 0.2) is 24.3 Å². The van der Waals surface area contributed by atoms with Crippen LogP contribution in [0.2, 0.25) is 0 Å². The smallest absolute Gasteiger partial charge is 0.328 e. The highest BCUT2D eigenvalue weighted by Crippen LogP contribution is 2.12. The highest BCUT2D eigenvalue weighted by molar-refractivity contribution is 5.84. The second kappa shape index (κ2) is 7.49. The molecule has 0 aliphatic carbocycles. The second-order valence-corrected chi connectivity index (χ2v) is 4.41. The fourth-order valence-corrected chi connectivity index (χ4v) is 1.57. The average Bonchev–Trinajstić information content (AvgIpc) is 2.42. The van der Waals surface area contributed by atoms with Gasteiger partial charge in [0.2, 0.25) is 0 Å². The van der Waals surface area contributed by atoms with E-state index in [1.54, 1.807) is 12.1 Å². The highest BCUT2D eigenvalue weighted by Gasteiger charge is 2.24. The van der Waals surface area contributed by atoms with Crippen molar-refractivity contribution >= 4 is 11.9 Å². The van der Waals surface area contributed by atoms with Gasteiger partial charge in [-0.2, -0.15) is 0 Å². The van der Waals surface area contributed by atoms with Crippen LogP contribution in [-0.2, 0) is 16.0 Å². The van der Waals surface area contributed by atoms with Gasteiger partial charge in [0, 0.05) is 0 Å². The Labute approximate surface area is 117 Å². The Morgan fingerprint density at radius 3 is 2.35 bits per heavy atom. The molecule has 0 saturated carbocycles. The fourth-order valence-electron chi connectivity index (χ4n) is 1.57. The van der Waals surface area contributed by atoms with Crippen LogP contribution in [0, 0.1) is 0 Å². The number of nitrogens with one attached hydrogen (secondary N) is 1. The molecule has 6 heteroatoms. The first-order valence-corrected chi connectivity index (χ1v) is 6.36. The van der Waals surface area contributed by atoms with Gasteiger partial charge in [0.1, 0.15) is 5.75 Å². The molecule has 1 aromatic rings. The Balaban J connectivity index is 2.47.